The van der Waals surface area contributed by atoms with Gasteiger partial charge in [-0.3, -0.25) is 5.01 Å². The van der Waals surface area contributed by atoms with Gasteiger partial charge in [-0.05, 0) is 53.6 Å². The number of hydrogen-bond acceptors (Lipinski definition) is 3. The lowest BCUT2D eigenvalue weighted by Gasteiger charge is -2.24. The SMILES string of the molecule is COc1ccc([C@@H]2CC(c3ccc(F)cc3)=NN2c2cccc(Cl)c2)cc1. The van der Waals surface area contributed by atoms with E-state index in [1.807, 2.05) is 53.5 Å². The van der Waals surface area contributed by atoms with Crippen molar-refractivity contribution in [3.05, 3.63) is 94.8 Å². The molecule has 0 saturated carbocycles. The van der Waals surface area contributed by atoms with Crippen LogP contribution >= 0.6 is 11.6 Å². The predicted molar refractivity (Wildman–Crippen MR) is 107 cm³/mol. The highest BCUT2D eigenvalue weighted by molar-refractivity contribution is 6.30. The van der Waals surface area contributed by atoms with Gasteiger partial charge in [-0.1, -0.05) is 41.9 Å². The molecule has 1 aliphatic heterocycles. The van der Waals surface area contributed by atoms with E-state index in [-0.39, 0.29) is 11.9 Å². The minimum absolute atomic E-state index is 0.0226. The first-order valence-corrected chi connectivity index (χ1v) is 9.04. The standard InChI is InChI=1S/C22H18ClFN2O/c1-27-20-11-7-16(8-12-20)22-14-21(15-5-9-18(24)10-6-15)25-26(22)19-4-2-3-17(23)13-19/h2-13,22H,14H2,1H3/t22-/m0/s1. The maximum Gasteiger partial charge on any atom is 0.123 e. The van der Waals surface area contributed by atoms with Crippen LogP contribution in [0.2, 0.25) is 5.02 Å². The van der Waals surface area contributed by atoms with E-state index in [0.29, 0.717) is 11.4 Å². The highest BCUT2D eigenvalue weighted by Gasteiger charge is 2.30. The molecule has 136 valence electrons. The van der Waals surface area contributed by atoms with E-state index in [4.69, 9.17) is 21.4 Å². The molecule has 3 aromatic carbocycles. The number of benzene rings is 3. The lowest BCUT2D eigenvalue weighted by Crippen LogP contribution is -2.18. The maximum absolute atomic E-state index is 13.3. The van der Waals surface area contributed by atoms with Crippen molar-refractivity contribution in [1.82, 2.24) is 0 Å². The summed E-state index contributed by atoms with van der Waals surface area (Å²) in [5.74, 6) is 0.557. The fourth-order valence-electron chi connectivity index (χ4n) is 3.27. The van der Waals surface area contributed by atoms with Crippen molar-refractivity contribution in [1.29, 1.82) is 0 Å². The summed E-state index contributed by atoms with van der Waals surface area (Å²) < 4.78 is 18.6. The van der Waals surface area contributed by atoms with Gasteiger partial charge in [0, 0.05) is 11.4 Å². The third-order valence-corrected chi connectivity index (χ3v) is 4.90. The summed E-state index contributed by atoms with van der Waals surface area (Å²) in [5.41, 5.74) is 3.87. The summed E-state index contributed by atoms with van der Waals surface area (Å²) in [4.78, 5) is 0. The first kappa shape index (κ1) is 17.6. The van der Waals surface area contributed by atoms with E-state index in [0.717, 1.165) is 28.3 Å². The molecule has 3 aromatic rings. The average molecular weight is 381 g/mol. The van der Waals surface area contributed by atoms with Crippen molar-refractivity contribution in [3.8, 4) is 5.75 Å². The number of nitrogens with zero attached hydrogens (tertiary/aromatic N) is 2. The van der Waals surface area contributed by atoms with E-state index in [1.165, 1.54) is 12.1 Å². The highest BCUT2D eigenvalue weighted by Crippen LogP contribution is 2.37. The van der Waals surface area contributed by atoms with Crippen LogP contribution in [0.5, 0.6) is 5.75 Å². The lowest BCUT2D eigenvalue weighted by atomic mass is 9.98. The number of hydrogen-bond donors (Lipinski definition) is 0. The number of anilines is 1. The third kappa shape index (κ3) is 3.67. The molecule has 0 radical (unpaired) electrons. The van der Waals surface area contributed by atoms with Crippen LogP contribution in [0, 0.1) is 5.82 Å². The van der Waals surface area contributed by atoms with Crippen molar-refractivity contribution in [3.63, 3.8) is 0 Å². The van der Waals surface area contributed by atoms with Crippen molar-refractivity contribution in [2.75, 3.05) is 12.1 Å². The normalized spacial score (nSPS) is 16.3. The smallest absolute Gasteiger partial charge is 0.123 e. The molecule has 1 atom stereocenters. The Morgan fingerprint density at radius 1 is 1.04 bits per heavy atom. The molecule has 0 amide bonds. The van der Waals surface area contributed by atoms with Crippen LogP contribution in [0.1, 0.15) is 23.6 Å². The van der Waals surface area contributed by atoms with Crippen LogP contribution in [0.15, 0.2) is 77.9 Å². The molecule has 0 bridgehead atoms. The number of halogens is 2. The van der Waals surface area contributed by atoms with Gasteiger partial charge in [0.05, 0.1) is 24.6 Å². The Morgan fingerprint density at radius 3 is 2.44 bits per heavy atom. The quantitative estimate of drug-likeness (QED) is 0.567. The van der Waals surface area contributed by atoms with E-state index >= 15 is 0 Å². The molecule has 0 fully saturated rings. The molecule has 5 heteroatoms. The summed E-state index contributed by atoms with van der Waals surface area (Å²) in [6.45, 7) is 0. The van der Waals surface area contributed by atoms with Crippen LogP contribution in [-0.2, 0) is 0 Å². The zero-order chi connectivity index (χ0) is 18.8. The molecular formula is C22H18ClFN2O. The lowest BCUT2D eigenvalue weighted by molar-refractivity contribution is 0.414. The minimum atomic E-state index is -0.254. The van der Waals surface area contributed by atoms with E-state index in [2.05, 4.69) is 0 Å². The van der Waals surface area contributed by atoms with Gasteiger partial charge in [-0.25, -0.2) is 4.39 Å². The first-order valence-electron chi connectivity index (χ1n) is 8.66. The van der Waals surface area contributed by atoms with E-state index in [1.54, 1.807) is 19.2 Å². The van der Waals surface area contributed by atoms with Crippen LogP contribution in [-0.4, -0.2) is 12.8 Å². The first-order chi connectivity index (χ1) is 13.1. The van der Waals surface area contributed by atoms with Crippen LogP contribution in [0.4, 0.5) is 10.1 Å². The van der Waals surface area contributed by atoms with Crippen molar-refractivity contribution < 1.29 is 9.13 Å². The second-order valence-electron chi connectivity index (χ2n) is 6.37. The molecule has 27 heavy (non-hydrogen) atoms. The van der Waals surface area contributed by atoms with Gasteiger partial charge >= 0.3 is 0 Å². The number of hydrazone groups is 1. The monoisotopic (exact) mass is 380 g/mol. The topological polar surface area (TPSA) is 24.8 Å². The van der Waals surface area contributed by atoms with Gasteiger partial charge in [0.25, 0.3) is 0 Å². The zero-order valence-corrected chi connectivity index (χ0v) is 15.5. The molecule has 0 saturated heterocycles. The Kier molecular flexibility index (Phi) is 4.82. The Bertz CT molecular complexity index is 970. The van der Waals surface area contributed by atoms with Gasteiger partial charge in [-0.15, -0.1) is 0 Å². The van der Waals surface area contributed by atoms with Crippen LogP contribution in [0.3, 0.4) is 0 Å². The van der Waals surface area contributed by atoms with Crippen molar-refractivity contribution in [2.45, 2.75) is 12.5 Å². The molecule has 0 N–H and O–H groups in total. The predicted octanol–water partition coefficient (Wildman–Crippen LogP) is 5.84. The molecule has 3 nitrogen and oxygen atoms in total. The second kappa shape index (κ2) is 7.41. The van der Waals surface area contributed by atoms with Crippen LogP contribution < -0.4 is 9.75 Å². The van der Waals surface area contributed by atoms with Gasteiger partial charge in [0.15, 0.2) is 0 Å². The van der Waals surface area contributed by atoms with Gasteiger partial charge in [0.1, 0.15) is 11.6 Å². The Labute approximate surface area is 162 Å². The number of ether oxygens (including phenoxy) is 1. The molecule has 0 unspecified atom stereocenters. The Morgan fingerprint density at radius 2 is 1.78 bits per heavy atom. The minimum Gasteiger partial charge on any atom is -0.497 e. The molecule has 1 heterocycles. The molecule has 4 rings (SSSR count). The second-order valence-corrected chi connectivity index (χ2v) is 6.81. The third-order valence-electron chi connectivity index (χ3n) is 4.66. The fourth-order valence-corrected chi connectivity index (χ4v) is 3.45. The van der Waals surface area contributed by atoms with Gasteiger partial charge in [-0.2, -0.15) is 5.10 Å². The number of rotatable bonds is 4. The Balaban J connectivity index is 1.73. The highest BCUT2D eigenvalue weighted by atomic mass is 35.5. The average Bonchev–Trinajstić information content (AvgIpc) is 3.14. The van der Waals surface area contributed by atoms with Gasteiger partial charge < -0.3 is 4.74 Å². The number of methoxy groups -OCH3 is 1. The van der Waals surface area contributed by atoms with Crippen molar-refractivity contribution >= 4 is 23.0 Å². The molecule has 0 aliphatic carbocycles. The largest absolute Gasteiger partial charge is 0.497 e. The van der Waals surface area contributed by atoms with Crippen LogP contribution in [0.25, 0.3) is 0 Å². The van der Waals surface area contributed by atoms with Gasteiger partial charge in [0.2, 0.25) is 0 Å². The van der Waals surface area contributed by atoms with Crippen molar-refractivity contribution in [2.24, 2.45) is 5.10 Å². The fraction of sp³-hybridized carbons (Fsp3) is 0.136. The molecule has 0 aromatic heterocycles. The summed E-state index contributed by atoms with van der Waals surface area (Å²) in [6.07, 6.45) is 0.713. The molecule has 1 aliphatic rings. The maximum atomic E-state index is 13.3. The zero-order valence-electron chi connectivity index (χ0n) is 14.8. The summed E-state index contributed by atoms with van der Waals surface area (Å²) in [5, 5.41) is 7.47. The summed E-state index contributed by atoms with van der Waals surface area (Å²) >= 11 is 6.19. The van der Waals surface area contributed by atoms with E-state index < -0.39 is 0 Å². The summed E-state index contributed by atoms with van der Waals surface area (Å²) in [6, 6.07) is 22.1. The molecular weight excluding hydrogens is 363 g/mol. The molecule has 0 spiro atoms. The van der Waals surface area contributed by atoms with E-state index in [9.17, 15) is 4.39 Å². The Hall–Kier alpha value is -2.85. The summed E-state index contributed by atoms with van der Waals surface area (Å²) in [7, 11) is 1.65.